The van der Waals surface area contributed by atoms with Crippen molar-refractivity contribution in [2.24, 2.45) is 0 Å². The van der Waals surface area contributed by atoms with E-state index in [-0.39, 0.29) is 16.7 Å². The fraction of sp³-hybridized carbons (Fsp3) is 0.474. The summed E-state index contributed by atoms with van der Waals surface area (Å²) in [5, 5.41) is -0.00541. The predicted octanol–water partition coefficient (Wildman–Crippen LogP) is 2.89. The predicted molar refractivity (Wildman–Crippen MR) is 97.8 cm³/mol. The van der Waals surface area contributed by atoms with Gasteiger partial charge < -0.3 is 14.0 Å². The van der Waals surface area contributed by atoms with Gasteiger partial charge in [-0.15, -0.1) is 0 Å². The Balaban J connectivity index is 0.00000117. The Hall–Kier alpha value is -2.59. The van der Waals surface area contributed by atoms with E-state index in [9.17, 15) is 22.9 Å². The van der Waals surface area contributed by atoms with Crippen LogP contribution in [0, 0.1) is 0 Å². The standard InChI is InChI=1S/C17H15F3N2O5.C2H6/c18-17(19)9-22-8-12(16(24)27-20)15(23)11-5-10(6-13(26-17)14(11)22)7-21-1-3-25-4-2-21;1-2/h5-6,8H,1-4,7,9H2;1-2H3. The van der Waals surface area contributed by atoms with Crippen LogP contribution in [0.4, 0.5) is 13.3 Å². The van der Waals surface area contributed by atoms with E-state index in [1.165, 1.54) is 12.1 Å². The van der Waals surface area contributed by atoms with Crippen LogP contribution in [0.2, 0.25) is 0 Å². The highest BCUT2D eigenvalue weighted by Gasteiger charge is 2.38. The van der Waals surface area contributed by atoms with Gasteiger partial charge in [-0.3, -0.25) is 9.69 Å². The molecule has 0 bridgehead atoms. The van der Waals surface area contributed by atoms with Crippen molar-refractivity contribution in [3.05, 3.63) is 39.7 Å². The zero-order valence-corrected chi connectivity index (χ0v) is 16.0. The molecule has 0 radical (unpaired) electrons. The highest BCUT2D eigenvalue weighted by Crippen LogP contribution is 2.36. The summed E-state index contributed by atoms with van der Waals surface area (Å²) in [6.45, 7) is 5.89. The summed E-state index contributed by atoms with van der Waals surface area (Å²) < 4.78 is 51.4. The van der Waals surface area contributed by atoms with Gasteiger partial charge in [0.25, 0.3) is 0 Å². The molecule has 1 fully saturated rings. The van der Waals surface area contributed by atoms with Gasteiger partial charge >= 0.3 is 12.1 Å². The number of pyridine rings is 1. The number of hydrogen-bond acceptors (Lipinski definition) is 6. The summed E-state index contributed by atoms with van der Waals surface area (Å²) in [5.41, 5.74) is -0.765. The molecule has 0 atom stereocenters. The monoisotopic (exact) mass is 414 g/mol. The molecule has 1 saturated heterocycles. The van der Waals surface area contributed by atoms with Gasteiger partial charge in [0.2, 0.25) is 5.43 Å². The van der Waals surface area contributed by atoms with Crippen LogP contribution in [-0.2, 0) is 22.8 Å². The van der Waals surface area contributed by atoms with Crippen molar-refractivity contribution >= 4 is 16.9 Å². The molecule has 7 nitrogen and oxygen atoms in total. The van der Waals surface area contributed by atoms with Crippen molar-refractivity contribution < 1.29 is 32.5 Å². The lowest BCUT2D eigenvalue weighted by Gasteiger charge is -2.29. The van der Waals surface area contributed by atoms with E-state index in [0.717, 1.165) is 10.8 Å². The van der Waals surface area contributed by atoms with Gasteiger partial charge in [0.05, 0.1) is 24.1 Å². The van der Waals surface area contributed by atoms with Crippen LogP contribution in [-0.4, -0.2) is 47.8 Å². The number of carbonyl (C=O) groups excluding carboxylic acids is 1. The first kappa shape index (κ1) is 21.1. The Morgan fingerprint density at radius 1 is 1.24 bits per heavy atom. The number of morpholine rings is 1. The number of ether oxygens (including phenoxy) is 2. The van der Waals surface area contributed by atoms with Gasteiger partial charge in [-0.1, -0.05) is 13.8 Å². The molecule has 1 aromatic heterocycles. The maximum Gasteiger partial charge on any atom is 0.416 e. The molecule has 2 aromatic rings. The minimum absolute atomic E-state index is 0.00541. The van der Waals surface area contributed by atoms with Crippen molar-refractivity contribution in [3.63, 3.8) is 0 Å². The normalized spacial score (nSPS) is 17.8. The van der Waals surface area contributed by atoms with E-state index < -0.39 is 29.6 Å². The van der Waals surface area contributed by atoms with Crippen LogP contribution in [0.5, 0.6) is 5.75 Å². The topological polar surface area (TPSA) is 70.0 Å². The molecule has 158 valence electrons. The fourth-order valence-electron chi connectivity index (χ4n) is 3.45. The van der Waals surface area contributed by atoms with Crippen LogP contribution < -0.4 is 10.2 Å². The number of benzene rings is 1. The van der Waals surface area contributed by atoms with Crippen LogP contribution in [0.1, 0.15) is 29.8 Å². The van der Waals surface area contributed by atoms with Gasteiger partial charge in [0, 0.05) is 30.4 Å². The molecule has 0 unspecified atom stereocenters. The quantitative estimate of drug-likeness (QED) is 0.769. The summed E-state index contributed by atoms with van der Waals surface area (Å²) >= 11 is 0. The van der Waals surface area contributed by atoms with Crippen LogP contribution >= 0.6 is 0 Å². The lowest BCUT2D eigenvalue weighted by Crippen LogP contribution is -2.37. The third kappa shape index (κ3) is 4.23. The van der Waals surface area contributed by atoms with E-state index in [4.69, 9.17) is 9.47 Å². The number of hydrogen-bond donors (Lipinski definition) is 0. The zero-order chi connectivity index (χ0) is 21.2. The summed E-state index contributed by atoms with van der Waals surface area (Å²) in [5.74, 6) is -1.69. The molecule has 2 aliphatic heterocycles. The van der Waals surface area contributed by atoms with E-state index in [1.807, 2.05) is 18.7 Å². The van der Waals surface area contributed by atoms with E-state index >= 15 is 0 Å². The lowest BCUT2D eigenvalue weighted by molar-refractivity contribution is -0.189. The molecule has 0 spiro atoms. The van der Waals surface area contributed by atoms with Gasteiger partial charge in [-0.05, 0) is 17.7 Å². The number of aromatic nitrogens is 1. The Labute approximate surface area is 164 Å². The first-order valence-electron chi connectivity index (χ1n) is 9.28. The molecule has 0 N–H and O–H groups in total. The summed E-state index contributed by atoms with van der Waals surface area (Å²) in [7, 11) is 0. The zero-order valence-electron chi connectivity index (χ0n) is 16.0. The first-order valence-corrected chi connectivity index (χ1v) is 9.28. The largest absolute Gasteiger partial charge is 0.429 e. The molecule has 0 amide bonds. The van der Waals surface area contributed by atoms with E-state index in [1.54, 1.807) is 0 Å². The molecular formula is C19H21F3N2O5. The molecule has 10 heteroatoms. The maximum atomic E-state index is 14.0. The van der Waals surface area contributed by atoms with Crippen molar-refractivity contribution in [3.8, 4) is 5.75 Å². The molecule has 3 heterocycles. The van der Waals surface area contributed by atoms with Crippen LogP contribution in [0.25, 0.3) is 10.9 Å². The summed E-state index contributed by atoms with van der Waals surface area (Å²) in [6.07, 6.45) is -2.67. The first-order chi connectivity index (χ1) is 13.9. The van der Waals surface area contributed by atoms with E-state index in [0.29, 0.717) is 38.4 Å². The number of rotatable bonds is 3. The van der Waals surface area contributed by atoms with Crippen LogP contribution in [0.3, 0.4) is 0 Å². The average molecular weight is 414 g/mol. The second-order valence-corrected chi connectivity index (χ2v) is 6.48. The third-order valence-corrected chi connectivity index (χ3v) is 4.61. The summed E-state index contributed by atoms with van der Waals surface area (Å²) in [4.78, 5) is 29.3. The van der Waals surface area contributed by atoms with Crippen molar-refractivity contribution in [1.29, 1.82) is 0 Å². The van der Waals surface area contributed by atoms with Gasteiger partial charge in [0.15, 0.2) is 5.75 Å². The van der Waals surface area contributed by atoms with E-state index in [2.05, 4.69) is 4.94 Å². The number of carbonyl (C=O) groups is 1. The third-order valence-electron chi connectivity index (χ3n) is 4.61. The smallest absolute Gasteiger partial charge is 0.416 e. The highest BCUT2D eigenvalue weighted by atomic mass is 19.3. The molecule has 29 heavy (non-hydrogen) atoms. The average Bonchev–Trinajstić information content (AvgIpc) is 2.71. The second kappa shape index (κ2) is 8.42. The minimum Gasteiger partial charge on any atom is -0.429 e. The molecule has 1 aromatic carbocycles. The Morgan fingerprint density at radius 2 is 1.93 bits per heavy atom. The highest BCUT2D eigenvalue weighted by molar-refractivity contribution is 5.95. The van der Waals surface area contributed by atoms with Crippen LogP contribution in [0.15, 0.2) is 23.1 Å². The lowest BCUT2D eigenvalue weighted by atomic mass is 10.1. The second-order valence-electron chi connectivity index (χ2n) is 6.48. The van der Waals surface area contributed by atoms with Crippen molar-refractivity contribution in [2.75, 3.05) is 26.3 Å². The number of nitrogens with zero attached hydrogens (tertiary/aromatic N) is 2. The Bertz CT molecular complexity index is 970. The maximum absolute atomic E-state index is 14.0. The minimum atomic E-state index is -3.54. The van der Waals surface area contributed by atoms with Gasteiger partial charge in [0.1, 0.15) is 12.1 Å². The Kier molecular flexibility index (Phi) is 6.13. The number of alkyl halides is 2. The number of halogens is 3. The van der Waals surface area contributed by atoms with Crippen molar-refractivity contribution in [1.82, 2.24) is 9.47 Å². The summed E-state index contributed by atoms with van der Waals surface area (Å²) in [6, 6.07) is 2.96. The molecule has 0 aliphatic carbocycles. The molecular weight excluding hydrogens is 393 g/mol. The Morgan fingerprint density at radius 3 is 2.59 bits per heavy atom. The molecule has 2 aliphatic rings. The SMILES string of the molecule is CC.O=C(OF)c1cn2c3c(cc(CN4CCOCC4)cc3c1=O)OC(F)(F)C2. The fourth-order valence-corrected chi connectivity index (χ4v) is 3.45. The van der Waals surface area contributed by atoms with Crippen molar-refractivity contribution in [2.45, 2.75) is 33.0 Å². The van der Waals surface area contributed by atoms with Gasteiger partial charge in [-0.2, -0.15) is 8.78 Å². The molecule has 4 rings (SSSR count). The molecule has 0 saturated carbocycles. The van der Waals surface area contributed by atoms with Gasteiger partial charge in [-0.25, -0.2) is 9.74 Å².